The number of nitrogens with zero attached hydrogens (tertiary/aromatic N) is 3. The molecule has 90 valence electrons. The van der Waals surface area contributed by atoms with Crippen LogP contribution in [0.1, 0.15) is 5.82 Å². The molecular formula is C11H14N4O2. The van der Waals surface area contributed by atoms with Gasteiger partial charge >= 0.3 is 0 Å². The molecule has 0 spiro atoms. The summed E-state index contributed by atoms with van der Waals surface area (Å²) in [5.74, 6) is 0.880. The summed E-state index contributed by atoms with van der Waals surface area (Å²) in [7, 11) is 1.60. The smallest absolute Gasteiger partial charge is 0.159 e. The van der Waals surface area contributed by atoms with Crippen molar-refractivity contribution in [3.63, 3.8) is 0 Å². The number of rotatable bonds is 4. The molecule has 1 aromatic heterocycles. The predicted molar refractivity (Wildman–Crippen MR) is 63.9 cm³/mol. The van der Waals surface area contributed by atoms with Crippen LogP contribution in [0.5, 0.6) is 0 Å². The first-order valence-electron chi connectivity index (χ1n) is 5.15. The number of amidine groups is 1. The van der Waals surface area contributed by atoms with Crippen molar-refractivity contribution in [2.45, 2.75) is 13.2 Å². The van der Waals surface area contributed by atoms with E-state index in [1.165, 1.54) is 0 Å². The summed E-state index contributed by atoms with van der Waals surface area (Å²) in [4.78, 5) is 4.44. The van der Waals surface area contributed by atoms with Gasteiger partial charge < -0.3 is 20.2 Å². The molecule has 0 aliphatic carbocycles. The molecule has 0 aliphatic heterocycles. The Labute approximate surface area is 98.3 Å². The SMILES string of the molecule is COCc1nc2ccccc2n1C/C(N)=N/O. The maximum atomic E-state index is 8.62. The Morgan fingerprint density at radius 3 is 3.00 bits per heavy atom. The summed E-state index contributed by atoms with van der Waals surface area (Å²) >= 11 is 0. The third kappa shape index (κ3) is 2.21. The number of aromatic nitrogens is 2. The van der Waals surface area contributed by atoms with E-state index in [2.05, 4.69) is 10.1 Å². The lowest BCUT2D eigenvalue weighted by atomic mass is 10.3. The van der Waals surface area contributed by atoms with Gasteiger partial charge in [-0.15, -0.1) is 0 Å². The Morgan fingerprint density at radius 1 is 1.53 bits per heavy atom. The number of para-hydroxylation sites is 2. The van der Waals surface area contributed by atoms with Crippen molar-refractivity contribution in [1.82, 2.24) is 9.55 Å². The average Bonchev–Trinajstić information content (AvgIpc) is 2.68. The molecule has 0 atom stereocenters. The van der Waals surface area contributed by atoms with E-state index in [0.29, 0.717) is 6.61 Å². The zero-order valence-electron chi connectivity index (χ0n) is 9.50. The fourth-order valence-electron chi connectivity index (χ4n) is 1.73. The van der Waals surface area contributed by atoms with E-state index in [1.54, 1.807) is 7.11 Å². The number of benzene rings is 1. The number of oxime groups is 1. The molecule has 17 heavy (non-hydrogen) atoms. The Kier molecular flexibility index (Phi) is 3.24. The van der Waals surface area contributed by atoms with Gasteiger partial charge in [-0.3, -0.25) is 0 Å². The highest BCUT2D eigenvalue weighted by Crippen LogP contribution is 2.16. The third-order valence-corrected chi connectivity index (χ3v) is 2.46. The first kappa shape index (κ1) is 11.4. The van der Waals surface area contributed by atoms with E-state index < -0.39 is 0 Å². The van der Waals surface area contributed by atoms with E-state index in [-0.39, 0.29) is 12.4 Å². The number of hydrogen-bond donors (Lipinski definition) is 2. The third-order valence-electron chi connectivity index (χ3n) is 2.46. The number of fused-ring (bicyclic) bond motifs is 1. The van der Waals surface area contributed by atoms with Gasteiger partial charge in [-0.05, 0) is 12.1 Å². The number of hydrogen-bond acceptors (Lipinski definition) is 4. The lowest BCUT2D eigenvalue weighted by Crippen LogP contribution is -2.21. The highest BCUT2D eigenvalue weighted by atomic mass is 16.5. The van der Waals surface area contributed by atoms with Crippen LogP contribution in [0.3, 0.4) is 0 Å². The van der Waals surface area contributed by atoms with Crippen molar-refractivity contribution in [3.8, 4) is 0 Å². The van der Waals surface area contributed by atoms with Gasteiger partial charge in [-0.1, -0.05) is 17.3 Å². The zero-order chi connectivity index (χ0) is 12.3. The lowest BCUT2D eigenvalue weighted by molar-refractivity contribution is 0.175. The maximum absolute atomic E-state index is 8.62. The molecule has 0 radical (unpaired) electrons. The van der Waals surface area contributed by atoms with E-state index in [1.807, 2.05) is 28.8 Å². The van der Waals surface area contributed by atoms with Crippen molar-refractivity contribution in [2.24, 2.45) is 10.9 Å². The lowest BCUT2D eigenvalue weighted by Gasteiger charge is -2.07. The summed E-state index contributed by atoms with van der Waals surface area (Å²) in [5.41, 5.74) is 7.33. The fourth-order valence-corrected chi connectivity index (χ4v) is 1.73. The second-order valence-electron chi connectivity index (χ2n) is 3.63. The number of nitrogens with two attached hydrogens (primary N) is 1. The predicted octanol–water partition coefficient (Wildman–Crippen LogP) is 0.929. The van der Waals surface area contributed by atoms with Gasteiger partial charge in [0.05, 0.1) is 17.6 Å². The highest BCUT2D eigenvalue weighted by molar-refractivity contribution is 5.83. The summed E-state index contributed by atoms with van der Waals surface area (Å²) in [5, 5.41) is 11.6. The normalized spacial score (nSPS) is 12.2. The molecule has 2 rings (SSSR count). The monoisotopic (exact) mass is 234 g/mol. The van der Waals surface area contributed by atoms with Crippen LogP contribution in [0.25, 0.3) is 11.0 Å². The van der Waals surface area contributed by atoms with Crippen LogP contribution in [-0.2, 0) is 17.9 Å². The largest absolute Gasteiger partial charge is 0.409 e. The minimum Gasteiger partial charge on any atom is -0.409 e. The Balaban J connectivity index is 2.51. The van der Waals surface area contributed by atoms with Crippen LogP contribution in [0, 0.1) is 0 Å². The fraction of sp³-hybridized carbons (Fsp3) is 0.273. The van der Waals surface area contributed by atoms with Crippen LogP contribution >= 0.6 is 0 Å². The molecule has 3 N–H and O–H groups in total. The molecule has 0 amide bonds. The van der Waals surface area contributed by atoms with Gasteiger partial charge in [0.25, 0.3) is 0 Å². The molecule has 2 aromatic rings. The van der Waals surface area contributed by atoms with Crippen LogP contribution in [0.2, 0.25) is 0 Å². The molecule has 0 unspecified atom stereocenters. The van der Waals surface area contributed by atoms with Crippen molar-refractivity contribution in [2.75, 3.05) is 7.11 Å². The topological polar surface area (TPSA) is 85.7 Å². The summed E-state index contributed by atoms with van der Waals surface area (Å²) in [6, 6.07) is 7.69. The highest BCUT2D eigenvalue weighted by Gasteiger charge is 2.11. The molecule has 1 aromatic carbocycles. The van der Waals surface area contributed by atoms with Crippen LogP contribution in [0.15, 0.2) is 29.4 Å². The van der Waals surface area contributed by atoms with Crippen LogP contribution in [-0.4, -0.2) is 27.7 Å². The Hall–Kier alpha value is -2.08. The van der Waals surface area contributed by atoms with E-state index in [4.69, 9.17) is 15.7 Å². The minimum absolute atomic E-state index is 0.130. The van der Waals surface area contributed by atoms with Gasteiger partial charge in [-0.2, -0.15) is 0 Å². The van der Waals surface area contributed by atoms with Crippen molar-refractivity contribution in [1.29, 1.82) is 0 Å². The Bertz CT molecular complexity index is 547. The molecule has 6 heteroatoms. The molecule has 0 saturated heterocycles. The number of imidazole rings is 1. The number of methoxy groups -OCH3 is 1. The molecule has 6 nitrogen and oxygen atoms in total. The molecule has 0 aliphatic rings. The zero-order valence-corrected chi connectivity index (χ0v) is 9.50. The van der Waals surface area contributed by atoms with Gasteiger partial charge in [0.15, 0.2) is 5.84 Å². The van der Waals surface area contributed by atoms with E-state index in [9.17, 15) is 0 Å². The first-order valence-corrected chi connectivity index (χ1v) is 5.15. The van der Waals surface area contributed by atoms with Gasteiger partial charge in [0.1, 0.15) is 12.4 Å². The summed E-state index contributed by atoms with van der Waals surface area (Å²) in [6.45, 7) is 0.670. The van der Waals surface area contributed by atoms with Crippen molar-refractivity contribution >= 4 is 16.9 Å². The first-order chi connectivity index (χ1) is 8.26. The minimum atomic E-state index is 0.130. The standard InChI is InChI=1S/C11H14N4O2/c1-17-7-11-13-8-4-2-3-5-9(8)15(11)6-10(12)14-16/h2-5,16H,6-7H2,1H3,(H2,12,14). The quantitative estimate of drug-likeness (QED) is 0.356. The summed E-state index contributed by atoms with van der Waals surface area (Å²) in [6.07, 6.45) is 0. The molecule has 1 heterocycles. The molecule has 0 saturated carbocycles. The van der Waals surface area contributed by atoms with E-state index >= 15 is 0 Å². The molecule has 0 fully saturated rings. The second kappa shape index (κ2) is 4.84. The molecular weight excluding hydrogens is 220 g/mol. The van der Waals surface area contributed by atoms with Gasteiger partial charge in [0, 0.05) is 7.11 Å². The maximum Gasteiger partial charge on any atom is 0.159 e. The van der Waals surface area contributed by atoms with Crippen LogP contribution < -0.4 is 5.73 Å². The van der Waals surface area contributed by atoms with Gasteiger partial charge in [0.2, 0.25) is 0 Å². The van der Waals surface area contributed by atoms with Crippen LogP contribution in [0.4, 0.5) is 0 Å². The summed E-state index contributed by atoms with van der Waals surface area (Å²) < 4.78 is 6.96. The number of ether oxygens (including phenoxy) is 1. The van der Waals surface area contributed by atoms with Crippen molar-refractivity contribution in [3.05, 3.63) is 30.1 Å². The van der Waals surface area contributed by atoms with Gasteiger partial charge in [-0.25, -0.2) is 4.98 Å². The second-order valence-corrected chi connectivity index (χ2v) is 3.63. The van der Waals surface area contributed by atoms with E-state index in [0.717, 1.165) is 16.9 Å². The average molecular weight is 234 g/mol. The Morgan fingerprint density at radius 2 is 2.29 bits per heavy atom. The van der Waals surface area contributed by atoms with Crippen molar-refractivity contribution < 1.29 is 9.94 Å². The molecule has 0 bridgehead atoms.